The molecule has 2 atom stereocenters. The number of carbonyl (C=O) groups excluding carboxylic acids is 3. The summed E-state index contributed by atoms with van der Waals surface area (Å²) in [5.41, 5.74) is 5.80. The molecular weight excluding hydrogens is 789 g/mol. The molecule has 2 amide bonds. The Kier molecular flexibility index (Phi) is 24.5. The second-order valence-corrected chi connectivity index (χ2v) is 15.1. The monoisotopic (exact) mass is 861 g/mol. The summed E-state index contributed by atoms with van der Waals surface area (Å²) in [5, 5.41) is 2.76. The van der Waals surface area contributed by atoms with E-state index in [1.54, 1.807) is 17.3 Å². The lowest BCUT2D eigenvalue weighted by Crippen LogP contribution is -2.49. The summed E-state index contributed by atoms with van der Waals surface area (Å²) < 4.78 is 16.2. The highest BCUT2D eigenvalue weighted by Crippen LogP contribution is 2.24. The van der Waals surface area contributed by atoms with Crippen LogP contribution >= 0.6 is 0 Å². The fraction of sp³-hybridized carbons (Fsp3) is 0.415. The van der Waals surface area contributed by atoms with E-state index in [2.05, 4.69) is 67.2 Å². The molecule has 10 nitrogen and oxygen atoms in total. The first-order valence-electron chi connectivity index (χ1n) is 22.8. The quantitative estimate of drug-likeness (QED) is 0.0725. The zero-order valence-electron chi connectivity index (χ0n) is 38.7. The molecule has 10 heteroatoms. The van der Waals surface area contributed by atoms with Gasteiger partial charge in [-0.1, -0.05) is 171 Å². The van der Waals surface area contributed by atoms with Gasteiger partial charge < -0.3 is 24.4 Å². The molecule has 1 N–H and O–H groups in total. The minimum atomic E-state index is -0.890. The average molecular weight is 861 g/mol. The van der Waals surface area contributed by atoms with E-state index in [9.17, 15) is 14.4 Å². The summed E-state index contributed by atoms with van der Waals surface area (Å²) in [5.74, 6) is 0.422. The van der Waals surface area contributed by atoms with Gasteiger partial charge in [0.2, 0.25) is 5.91 Å². The number of hydrogen-bond acceptors (Lipinski definition) is 8. The lowest BCUT2D eigenvalue weighted by atomic mass is 10.0. The number of rotatable bonds is 17. The summed E-state index contributed by atoms with van der Waals surface area (Å²) in [6.45, 7) is 14.1. The van der Waals surface area contributed by atoms with Gasteiger partial charge >= 0.3 is 12.1 Å². The summed E-state index contributed by atoms with van der Waals surface area (Å²) in [4.78, 5) is 49.4. The van der Waals surface area contributed by atoms with Crippen molar-refractivity contribution < 1.29 is 30.0 Å². The third-order valence-corrected chi connectivity index (χ3v) is 10.1. The molecule has 4 aromatic carbocycles. The molecule has 1 aliphatic rings. The van der Waals surface area contributed by atoms with E-state index in [1.165, 1.54) is 44.8 Å². The smallest absolute Gasteiger partial charge is 0.408 e. The number of methoxy groups -OCH3 is 1. The largest absolute Gasteiger partial charge is 0.494 e. The Morgan fingerprint density at radius 1 is 0.730 bits per heavy atom. The highest BCUT2D eigenvalue weighted by Gasteiger charge is 2.35. The molecular formula is C53H72N4O6. The van der Waals surface area contributed by atoms with E-state index < -0.39 is 12.1 Å². The number of alkyl carbamates (subject to hydrolysis) is 1. The first kappa shape index (κ1) is 51.3. The maximum Gasteiger partial charge on any atom is 0.408 e. The van der Waals surface area contributed by atoms with Gasteiger partial charge in [-0.2, -0.15) is 0 Å². The van der Waals surface area contributed by atoms with E-state index in [4.69, 9.17) is 14.2 Å². The molecule has 0 spiro atoms. The maximum absolute atomic E-state index is 13.6. The van der Waals surface area contributed by atoms with E-state index in [1.807, 2.05) is 98.8 Å². The van der Waals surface area contributed by atoms with Gasteiger partial charge in [0.15, 0.2) is 5.82 Å². The van der Waals surface area contributed by atoms with Crippen LogP contribution in [-0.2, 0) is 38.5 Å². The number of nitrogens with one attached hydrogen (secondary N) is 1. The van der Waals surface area contributed by atoms with Gasteiger partial charge in [0.1, 0.15) is 18.4 Å². The standard InChI is InChI=1S/C40H46N4O6.C8H10.C3H8.C2H6.H2/c1-3-4-5-6-10-23-49-35-19-17-31(18-20-35)34-25-41-37(42-26-34)32-15-13-29(14-16-32)24-36(38(45)44-22-21-33(27-44)39(46)48-2)43-40(47)50-28-30-11-8-7-9-12-30;1-2-8-6-4-3-5-7-8;1-3-2;1-2;/h7-9,11-20,25-26,33,36H,3-6,10,21-24,27-28H2,1-2H3,(H,43,47);3-7H,2H2,1H3;3H2,1-2H3;1-2H3;1H/t33-,36-;;;;/m0..../s1. The van der Waals surface area contributed by atoms with Crippen molar-refractivity contribution in [1.29, 1.82) is 0 Å². The van der Waals surface area contributed by atoms with Crippen molar-refractivity contribution in [2.45, 2.75) is 112 Å². The maximum atomic E-state index is 13.6. The normalized spacial score (nSPS) is 13.1. The molecule has 2 heterocycles. The van der Waals surface area contributed by atoms with Crippen LogP contribution in [-0.4, -0.2) is 65.7 Å². The molecule has 0 bridgehead atoms. The number of esters is 1. The van der Waals surface area contributed by atoms with Gasteiger partial charge in [0.25, 0.3) is 0 Å². The highest BCUT2D eigenvalue weighted by atomic mass is 16.5. The minimum Gasteiger partial charge on any atom is -0.494 e. The topological polar surface area (TPSA) is 120 Å². The first-order chi connectivity index (χ1) is 30.8. The molecule has 0 saturated carbocycles. The third-order valence-electron chi connectivity index (χ3n) is 10.1. The number of benzene rings is 4. The van der Waals surface area contributed by atoms with Crippen LogP contribution in [0.15, 0.2) is 122 Å². The molecule has 1 saturated heterocycles. The van der Waals surface area contributed by atoms with Gasteiger partial charge in [-0.05, 0) is 53.6 Å². The molecule has 1 aromatic heterocycles. The Morgan fingerprint density at radius 3 is 1.89 bits per heavy atom. The van der Waals surface area contributed by atoms with Gasteiger partial charge in [-0.25, -0.2) is 14.8 Å². The predicted octanol–water partition coefficient (Wildman–Crippen LogP) is 12.0. The second-order valence-electron chi connectivity index (χ2n) is 15.1. The van der Waals surface area contributed by atoms with Crippen LogP contribution in [0.25, 0.3) is 22.5 Å². The molecule has 0 aliphatic carbocycles. The fourth-order valence-corrected chi connectivity index (χ4v) is 6.65. The van der Waals surface area contributed by atoms with Gasteiger partial charge in [0.05, 0.1) is 19.6 Å². The molecule has 0 unspecified atom stereocenters. The Balaban J connectivity index is 0.000000877. The van der Waals surface area contributed by atoms with Crippen LogP contribution in [0.4, 0.5) is 4.79 Å². The number of likely N-dealkylation sites (tertiary alicyclic amines) is 1. The second kappa shape index (κ2) is 30.1. The lowest BCUT2D eigenvalue weighted by Gasteiger charge is -2.24. The summed E-state index contributed by atoms with van der Waals surface area (Å²) >= 11 is 0. The number of carbonyl (C=O) groups is 3. The van der Waals surface area contributed by atoms with Crippen molar-refractivity contribution in [3.05, 3.63) is 138 Å². The fourth-order valence-electron chi connectivity index (χ4n) is 6.65. The van der Waals surface area contributed by atoms with Crippen molar-refractivity contribution in [3.63, 3.8) is 0 Å². The van der Waals surface area contributed by atoms with E-state index in [-0.39, 0.29) is 38.8 Å². The number of nitrogens with zero attached hydrogens (tertiary/aromatic N) is 3. The Bertz CT molecular complexity index is 2000. The molecule has 63 heavy (non-hydrogen) atoms. The van der Waals surface area contributed by atoms with Crippen LogP contribution in [0, 0.1) is 5.92 Å². The number of aromatic nitrogens is 2. The van der Waals surface area contributed by atoms with E-state index >= 15 is 0 Å². The Labute approximate surface area is 378 Å². The molecule has 1 fully saturated rings. The predicted molar refractivity (Wildman–Crippen MR) is 256 cm³/mol. The number of unbranched alkanes of at least 4 members (excludes halogenated alkanes) is 4. The van der Waals surface area contributed by atoms with E-state index in [0.717, 1.165) is 53.0 Å². The molecule has 6 rings (SSSR count). The summed E-state index contributed by atoms with van der Waals surface area (Å²) in [7, 11) is 1.34. The number of ether oxygens (including phenoxy) is 3. The van der Waals surface area contributed by atoms with Crippen LogP contribution in [0.3, 0.4) is 0 Å². The van der Waals surface area contributed by atoms with Crippen molar-refractivity contribution in [1.82, 2.24) is 20.2 Å². The van der Waals surface area contributed by atoms with Crippen LogP contribution in [0.1, 0.15) is 105 Å². The van der Waals surface area contributed by atoms with Gasteiger partial charge in [0, 0.05) is 44.5 Å². The number of hydrogen-bond donors (Lipinski definition) is 1. The van der Waals surface area contributed by atoms with Crippen molar-refractivity contribution in [3.8, 4) is 28.3 Å². The third kappa shape index (κ3) is 18.5. The van der Waals surface area contributed by atoms with Crippen LogP contribution in [0.2, 0.25) is 0 Å². The highest BCUT2D eigenvalue weighted by molar-refractivity contribution is 5.87. The van der Waals surface area contributed by atoms with Gasteiger partial charge in [-0.15, -0.1) is 0 Å². The lowest BCUT2D eigenvalue weighted by molar-refractivity contribution is -0.145. The van der Waals surface area contributed by atoms with Crippen molar-refractivity contribution in [2.24, 2.45) is 5.92 Å². The first-order valence-corrected chi connectivity index (χ1v) is 22.8. The van der Waals surface area contributed by atoms with Gasteiger partial charge in [-0.3, -0.25) is 9.59 Å². The molecule has 1 aliphatic heterocycles. The Morgan fingerprint density at radius 2 is 1.32 bits per heavy atom. The van der Waals surface area contributed by atoms with Crippen LogP contribution in [0.5, 0.6) is 5.75 Å². The molecule has 340 valence electrons. The van der Waals surface area contributed by atoms with Crippen molar-refractivity contribution in [2.75, 3.05) is 26.8 Å². The SMILES string of the molecule is CC.CCC.CCCCCCCOc1ccc(-c2cnc(-c3ccc(C[C@H](NC(=O)OCc4ccccc4)C(=O)N4CC[C@H](C(=O)OC)C4)cc3)nc2)cc1.CCc1ccccc1.[HH]. The zero-order chi connectivity index (χ0) is 45.7. The van der Waals surface area contributed by atoms with E-state index in [0.29, 0.717) is 18.8 Å². The molecule has 5 aromatic rings. The minimum absolute atomic E-state index is 0. The number of aryl methyl sites for hydroxylation is 1. The Hall–Kier alpha value is -6.03. The zero-order valence-corrected chi connectivity index (χ0v) is 38.7. The average Bonchev–Trinajstić information content (AvgIpc) is 3.84. The van der Waals surface area contributed by atoms with Crippen molar-refractivity contribution >= 4 is 18.0 Å². The summed E-state index contributed by atoms with van der Waals surface area (Å²) in [6, 6.07) is 34.5. The number of amides is 2. The molecule has 0 radical (unpaired) electrons. The van der Waals surface area contributed by atoms with Crippen LogP contribution < -0.4 is 10.1 Å². The summed E-state index contributed by atoms with van der Waals surface area (Å²) in [6.07, 6.45) is 12.1.